The molecule has 3 aliphatic rings. The van der Waals surface area contributed by atoms with Crippen molar-refractivity contribution < 1.29 is 61.8 Å². The minimum atomic E-state index is -0.476. The number of rotatable bonds is 23. The van der Waals surface area contributed by atoms with E-state index < -0.39 is 14.0 Å². The number of aliphatic hydroxyl groups excluding tert-OH is 2. The normalized spacial score (nSPS) is 14.5. The molecule has 0 radical (unpaired) electrons. The van der Waals surface area contributed by atoms with E-state index in [1.165, 1.54) is 17.5 Å². The molecule has 0 saturated carbocycles. The summed E-state index contributed by atoms with van der Waals surface area (Å²) >= 11 is 12.6. The van der Waals surface area contributed by atoms with E-state index >= 15 is 0 Å². The third kappa shape index (κ3) is 27.0. The van der Waals surface area contributed by atoms with Crippen molar-refractivity contribution in [1.29, 1.82) is 0 Å². The van der Waals surface area contributed by atoms with Crippen molar-refractivity contribution in [2.75, 3.05) is 44.4 Å². The van der Waals surface area contributed by atoms with Gasteiger partial charge in [0.2, 0.25) is 0 Å². The number of aromatic nitrogens is 20. The summed E-state index contributed by atoms with van der Waals surface area (Å²) in [5.41, 5.74) is 21.7. The maximum absolute atomic E-state index is 9.34. The molecular formula is C106H123B3Br2ClFN24O12. The van der Waals surface area contributed by atoms with Gasteiger partial charge in [-0.05, 0) is 172 Å². The Labute approximate surface area is 887 Å². The van der Waals surface area contributed by atoms with Crippen molar-refractivity contribution in [3.8, 4) is 79.8 Å². The number of aliphatic hydroxyl groups is 2. The van der Waals surface area contributed by atoms with Crippen LogP contribution >= 0.6 is 43.5 Å². The molecule has 3 fully saturated rings. The highest BCUT2D eigenvalue weighted by Crippen LogP contribution is 2.44. The summed E-state index contributed by atoms with van der Waals surface area (Å²) in [4.78, 5) is 60.2. The molecule has 149 heavy (non-hydrogen) atoms. The highest BCUT2D eigenvalue weighted by Gasteiger charge is 2.64. The Morgan fingerprint density at radius 3 is 0.960 bits per heavy atom. The lowest BCUT2D eigenvalue weighted by molar-refractivity contribution is 0.00578. The van der Waals surface area contributed by atoms with Crippen LogP contribution in [0.4, 0.5) is 22.2 Å². The summed E-state index contributed by atoms with van der Waals surface area (Å²) in [6, 6.07) is 55.2. The van der Waals surface area contributed by atoms with E-state index in [1.807, 2.05) is 243 Å². The number of ether oxygens (including phenoxy) is 4. The number of nitrogens with two attached hydrogens (primary N) is 1. The highest BCUT2D eigenvalue weighted by atomic mass is 79.9. The van der Waals surface area contributed by atoms with Crippen LogP contribution in [0.1, 0.15) is 130 Å². The molecule has 3 saturated heterocycles. The lowest BCUT2D eigenvalue weighted by Crippen LogP contribution is -2.41. The largest absolute Gasteiger partial charge is 0.497 e. The van der Waals surface area contributed by atoms with Gasteiger partial charge in [-0.15, -0.1) is 0 Å². The van der Waals surface area contributed by atoms with Crippen LogP contribution in [0.25, 0.3) is 79.4 Å². The molecule has 14 aromatic heterocycles. The second-order valence-electron chi connectivity index (χ2n) is 37.4. The zero-order chi connectivity index (χ0) is 105. The van der Waals surface area contributed by atoms with Gasteiger partial charge in [0.15, 0.2) is 0 Å². The fraction of sp³-hybridized carbons (Fsp3) is 0.302. The molecule has 0 spiro atoms. The lowest BCUT2D eigenvalue weighted by Gasteiger charge is -2.32. The van der Waals surface area contributed by atoms with Crippen LogP contribution in [0.3, 0.4) is 0 Å². The number of hydrogen-bond acceptors (Lipinski definition) is 30. The smallest absolute Gasteiger partial charge is 0.494 e. The molecule has 7 N–H and O–H groups in total. The number of pyridine rings is 4. The van der Waals surface area contributed by atoms with Gasteiger partial charge in [0.1, 0.15) is 118 Å². The maximum Gasteiger partial charge on any atom is 0.494 e. The Kier molecular flexibility index (Phi) is 36.9. The molecule has 0 amide bonds. The number of hydrogen-bond donors (Lipinski definition) is 6. The van der Waals surface area contributed by atoms with E-state index in [2.05, 4.69) is 194 Å². The Morgan fingerprint density at radius 1 is 0.362 bits per heavy atom. The second-order valence-corrected chi connectivity index (χ2v) is 39.7. The molecule has 18 aromatic rings. The predicted octanol–water partition coefficient (Wildman–Crippen LogP) is 18.8. The van der Waals surface area contributed by atoms with Crippen LogP contribution in [0, 0.1) is 6.92 Å². The highest BCUT2D eigenvalue weighted by molar-refractivity contribution is 9.10. The Morgan fingerprint density at radius 2 is 0.658 bits per heavy atom. The van der Waals surface area contributed by atoms with E-state index in [0.717, 1.165) is 151 Å². The first-order chi connectivity index (χ1) is 70.4. The van der Waals surface area contributed by atoms with Gasteiger partial charge in [-0.2, -0.15) is 0 Å². The summed E-state index contributed by atoms with van der Waals surface area (Å²) in [5, 5.41) is 28.5. The van der Waals surface area contributed by atoms with Gasteiger partial charge in [0.25, 0.3) is 0 Å². The van der Waals surface area contributed by atoms with Crippen LogP contribution in [-0.4, -0.2) is 190 Å². The molecule has 0 bridgehead atoms. The van der Waals surface area contributed by atoms with Crippen LogP contribution in [0.2, 0.25) is 5.15 Å². The van der Waals surface area contributed by atoms with Crippen molar-refractivity contribution in [2.24, 2.45) is 19.8 Å². The van der Waals surface area contributed by atoms with Crippen LogP contribution < -0.4 is 46.1 Å². The first kappa shape index (κ1) is 112. The predicted molar refractivity (Wildman–Crippen MR) is 586 cm³/mol. The van der Waals surface area contributed by atoms with E-state index in [0.29, 0.717) is 43.0 Å². The number of halogens is 4. The number of fused-ring (bicyclic) bond motifs is 4. The summed E-state index contributed by atoms with van der Waals surface area (Å²) < 4.78 is 70.8. The fourth-order valence-corrected chi connectivity index (χ4v) is 16.0. The third-order valence-electron chi connectivity index (χ3n) is 26.3. The molecule has 0 atom stereocenters. The molecule has 21 rings (SSSR count). The molecule has 43 heteroatoms. The minimum absolute atomic E-state index is 0. The zero-order valence-electron chi connectivity index (χ0n) is 85.8. The summed E-state index contributed by atoms with van der Waals surface area (Å²) in [6.45, 7) is 28.9. The van der Waals surface area contributed by atoms with Gasteiger partial charge in [0, 0.05) is 134 Å². The number of methoxy groups -OCH3 is 4. The standard InChI is InChI=1S/C25H28BN5O3.C24H23N7O2.C19H16BrN5O.C12H24B2O4.C12H9ClN4O.C7H8BrN.C6H10N2O.CH4.FH/c1-24(2)25(3,4)34-26(33-24)18-8-6-17(7-9-18)14-27-22-13-20(29-16-30-22)21-15-28-23-12-19(32-5)10-11-31(21)23;1-30-20(12-27-24(30)14-32)17-5-3-16(4-6-17)11-25-22-10-19(28-15-29-22)21-13-26-23-9-18(33-2)7-8-31(21)23;1-26-15-6-7-25-17(11-22-19(25)8-15)16-9-18(24-12-23-16)21-10-13-2-4-14(20)5-3-13;1-9(2)10(3,4)16-13(15-9)14-17-11(5,6)12(7,8)18-14;1-18-8-2-3-17-10(6-14-12(17)4-8)9-5-11(13)16-7-15-9;8-7-3-1-6(5-9)2-4-7;1-5-3-7-6(4-9)8(5)2;;/h6-13,15-16H,14H2,1-5H3,(H,27,29,30);3-10,12-13,15,32H,11,14H2,1-2H3,(H,25,28,29);2-9,11-12H,10H2,1H3,(H,21,23,24);1-8H3;2-7H,1H3;1-4H,5,9H2;3,9H,4H2,1-2H3;1H4;1H. The van der Waals surface area contributed by atoms with Crippen molar-refractivity contribution in [2.45, 2.75) is 170 Å². The first-order valence-corrected chi connectivity index (χ1v) is 49.2. The topological polar surface area (TPSA) is 403 Å². The van der Waals surface area contributed by atoms with Gasteiger partial charge in [0.05, 0.1) is 144 Å². The monoisotopic (exact) mass is 2170 g/mol. The van der Waals surface area contributed by atoms with Crippen molar-refractivity contribution in [1.82, 2.24) is 96.5 Å². The van der Waals surface area contributed by atoms with Gasteiger partial charge in [-0.1, -0.05) is 124 Å². The number of benzene rings is 4. The third-order valence-corrected chi connectivity index (χ3v) is 27.5. The Bertz CT molecular complexity index is 7430. The van der Waals surface area contributed by atoms with Crippen molar-refractivity contribution in [3.63, 3.8) is 0 Å². The zero-order valence-corrected chi connectivity index (χ0v) is 89.7. The number of nitrogens with zero attached hydrogens (tertiary/aromatic N) is 20. The summed E-state index contributed by atoms with van der Waals surface area (Å²) in [5.74, 6) is 6.64. The van der Waals surface area contributed by atoms with E-state index in [4.69, 9.17) is 69.3 Å². The molecule has 36 nitrogen and oxygen atoms in total. The molecule has 17 heterocycles. The Hall–Kier alpha value is -14.0. The molecule has 4 aromatic carbocycles. The van der Waals surface area contributed by atoms with Crippen molar-refractivity contribution >= 4 is 110 Å². The van der Waals surface area contributed by atoms with Gasteiger partial charge in [-0.25, -0.2) is 69.8 Å². The minimum Gasteiger partial charge on any atom is -0.497 e. The lowest BCUT2D eigenvalue weighted by atomic mass is 9.49. The van der Waals surface area contributed by atoms with Crippen LogP contribution in [0.5, 0.6) is 23.0 Å². The van der Waals surface area contributed by atoms with E-state index in [-0.39, 0.29) is 66.1 Å². The fourth-order valence-electron chi connectivity index (χ4n) is 15.3. The average Bonchev–Trinajstić information content (AvgIpc) is 1.59. The van der Waals surface area contributed by atoms with E-state index in [1.54, 1.807) is 90.7 Å². The SMILES string of the molecule is C.CC1(C)OB(B2OC(C)(C)C(C)(C)O2)OC1(C)C.COc1ccn2c(-c3cc(Cl)ncn3)cnc2c1.COc1ccn2c(-c3cc(NCc4ccc(-c5cnc(CO)n5C)cc4)ncn3)cnc2c1.COc1ccn2c(-c3cc(NCc4ccc(B5OC(C)(C)C(C)(C)O5)cc4)ncn3)cnc2c1.COc1ccn2c(-c3cc(NCc4ccc(Br)cc4)ncn3)cnc2c1.Cc1cnc(CO)n1C.F.NCc1ccc(Br)cc1. The number of aryl methyl sites for hydroxylation is 1. The van der Waals surface area contributed by atoms with E-state index in [9.17, 15) is 5.11 Å². The number of nitrogens with one attached hydrogen (secondary N) is 3. The summed E-state index contributed by atoms with van der Waals surface area (Å²) in [7, 11) is 9.02. The van der Waals surface area contributed by atoms with Crippen molar-refractivity contribution in [3.05, 3.63) is 311 Å². The molecule has 0 unspecified atom stereocenters. The number of imidazole rings is 6. The Balaban J connectivity index is 0.000000151. The quantitative estimate of drug-likeness (QED) is 0.0256. The van der Waals surface area contributed by atoms with Crippen LogP contribution in [-0.2, 0) is 81.4 Å². The van der Waals surface area contributed by atoms with Gasteiger partial charge in [-0.3, -0.25) is 22.3 Å². The number of anilines is 3. The van der Waals surface area contributed by atoms with Gasteiger partial charge < -0.3 is 87.9 Å². The summed E-state index contributed by atoms with van der Waals surface area (Å²) in [6.07, 6.45) is 24.4. The average molecular weight is 2170 g/mol. The second kappa shape index (κ2) is 49.0. The van der Waals surface area contributed by atoms with Gasteiger partial charge >= 0.3 is 21.1 Å². The molecular weight excluding hydrogens is 2050 g/mol. The van der Waals surface area contributed by atoms with Crippen LogP contribution in [0.15, 0.2) is 266 Å². The maximum atomic E-state index is 9.34. The molecule has 0 aliphatic carbocycles. The molecule has 776 valence electrons. The molecule has 3 aliphatic heterocycles. The first-order valence-electron chi connectivity index (χ1n) is 47.2.